The molecule has 0 saturated heterocycles. The van der Waals surface area contributed by atoms with Crippen LogP contribution in [0.3, 0.4) is 0 Å². The van der Waals surface area contributed by atoms with Gasteiger partial charge in [-0.25, -0.2) is 12.8 Å². The van der Waals surface area contributed by atoms with Crippen molar-refractivity contribution >= 4 is 39.1 Å². The highest BCUT2D eigenvalue weighted by Gasteiger charge is 2.35. The van der Waals surface area contributed by atoms with Crippen LogP contribution in [0.5, 0.6) is 0 Å². The molecule has 0 radical (unpaired) electrons. The number of amides is 2. The number of anilines is 1. The number of benzene rings is 4. The first-order chi connectivity index (χ1) is 21.2. The topological polar surface area (TPSA) is 86.8 Å². The molecule has 0 heterocycles. The molecule has 45 heavy (non-hydrogen) atoms. The first-order valence-corrected chi connectivity index (χ1v) is 16.3. The Balaban J connectivity index is 1.81. The third kappa shape index (κ3) is 9.15. The van der Waals surface area contributed by atoms with Crippen molar-refractivity contribution < 1.29 is 22.4 Å². The molecule has 0 spiro atoms. The molecule has 1 unspecified atom stereocenters. The second-order valence-corrected chi connectivity index (χ2v) is 14.2. The maximum absolute atomic E-state index is 14.5. The summed E-state index contributed by atoms with van der Waals surface area (Å²) in [4.78, 5) is 29.6. The van der Waals surface area contributed by atoms with Gasteiger partial charge in [0.25, 0.3) is 10.0 Å². The highest BCUT2D eigenvalue weighted by molar-refractivity contribution is 7.92. The van der Waals surface area contributed by atoms with Crippen molar-refractivity contribution in [1.29, 1.82) is 0 Å². The van der Waals surface area contributed by atoms with Gasteiger partial charge in [0, 0.05) is 23.5 Å². The molecule has 0 aliphatic carbocycles. The number of carbonyl (C=O) groups excluding carboxylic acids is 2. The standard InChI is InChI=1S/C35H37ClFN3O4S/c1-25-13-17-30(18-14-25)40(45(43,44)31-19-15-29(37)16-20-31)24-33(41)39(23-27-11-8-12-28(36)21-27)32(34(42)38-35(2,3)4)22-26-9-6-5-7-10-26/h5-21,32H,22-24H2,1-4H3,(H,38,42). The van der Waals surface area contributed by atoms with Crippen LogP contribution < -0.4 is 9.62 Å². The van der Waals surface area contributed by atoms with Crippen molar-refractivity contribution in [3.63, 3.8) is 0 Å². The number of hydrogen-bond acceptors (Lipinski definition) is 4. The van der Waals surface area contributed by atoms with Crippen LogP contribution in [0.15, 0.2) is 108 Å². The number of hydrogen-bond donors (Lipinski definition) is 1. The maximum Gasteiger partial charge on any atom is 0.264 e. The van der Waals surface area contributed by atoms with Crippen molar-refractivity contribution in [2.75, 3.05) is 10.8 Å². The van der Waals surface area contributed by atoms with Crippen LogP contribution in [0.1, 0.15) is 37.5 Å². The summed E-state index contributed by atoms with van der Waals surface area (Å²) in [6.07, 6.45) is 0.185. The van der Waals surface area contributed by atoms with Crippen LogP contribution in [-0.4, -0.2) is 43.3 Å². The van der Waals surface area contributed by atoms with Gasteiger partial charge in [0.2, 0.25) is 11.8 Å². The summed E-state index contributed by atoms with van der Waals surface area (Å²) in [7, 11) is -4.33. The number of nitrogens with zero attached hydrogens (tertiary/aromatic N) is 2. The highest BCUT2D eigenvalue weighted by atomic mass is 35.5. The number of halogens is 2. The van der Waals surface area contributed by atoms with E-state index >= 15 is 0 Å². The molecule has 4 rings (SSSR count). The van der Waals surface area contributed by atoms with E-state index in [0.29, 0.717) is 10.6 Å². The van der Waals surface area contributed by atoms with Gasteiger partial charge in [-0.1, -0.05) is 71.8 Å². The molecule has 1 N–H and O–H groups in total. The minimum atomic E-state index is -4.33. The zero-order valence-corrected chi connectivity index (χ0v) is 27.3. The van der Waals surface area contributed by atoms with Gasteiger partial charge < -0.3 is 10.2 Å². The Kier molecular flexibility index (Phi) is 10.7. The van der Waals surface area contributed by atoms with E-state index in [2.05, 4.69) is 5.32 Å². The van der Waals surface area contributed by atoms with Crippen molar-refractivity contribution in [3.8, 4) is 0 Å². The van der Waals surface area contributed by atoms with Crippen LogP contribution in [0.4, 0.5) is 10.1 Å². The van der Waals surface area contributed by atoms with Crippen LogP contribution in [0.25, 0.3) is 0 Å². The smallest absolute Gasteiger partial charge is 0.264 e. The van der Waals surface area contributed by atoms with Gasteiger partial charge >= 0.3 is 0 Å². The predicted molar refractivity (Wildman–Crippen MR) is 176 cm³/mol. The Hall–Kier alpha value is -4.21. The molecule has 2 amide bonds. The minimum absolute atomic E-state index is 0.00715. The number of sulfonamides is 1. The van der Waals surface area contributed by atoms with Crippen molar-refractivity contribution in [2.24, 2.45) is 0 Å². The van der Waals surface area contributed by atoms with Gasteiger partial charge in [0.05, 0.1) is 10.6 Å². The molecule has 4 aromatic rings. The summed E-state index contributed by atoms with van der Waals surface area (Å²) in [6, 6.07) is 26.4. The molecule has 0 bridgehead atoms. The third-order valence-electron chi connectivity index (χ3n) is 7.01. The summed E-state index contributed by atoms with van der Waals surface area (Å²) in [5, 5.41) is 3.46. The van der Waals surface area contributed by atoms with Crippen LogP contribution in [0, 0.1) is 12.7 Å². The average Bonchev–Trinajstić information content (AvgIpc) is 2.98. The zero-order valence-electron chi connectivity index (χ0n) is 25.7. The molecule has 0 aliphatic heterocycles. The fourth-order valence-corrected chi connectivity index (χ4v) is 6.44. The van der Waals surface area contributed by atoms with Crippen LogP contribution in [-0.2, 0) is 32.6 Å². The molecule has 0 saturated carbocycles. The largest absolute Gasteiger partial charge is 0.350 e. The molecule has 0 fully saturated rings. The van der Waals surface area contributed by atoms with Gasteiger partial charge in [0.1, 0.15) is 18.4 Å². The minimum Gasteiger partial charge on any atom is -0.350 e. The number of carbonyl (C=O) groups is 2. The van der Waals surface area contributed by atoms with E-state index < -0.39 is 39.9 Å². The monoisotopic (exact) mass is 649 g/mol. The second-order valence-electron chi connectivity index (χ2n) is 11.9. The second kappa shape index (κ2) is 14.3. The summed E-state index contributed by atoms with van der Waals surface area (Å²) in [5.41, 5.74) is 2.04. The Morgan fingerprint density at radius 3 is 2.09 bits per heavy atom. The van der Waals surface area contributed by atoms with Crippen LogP contribution >= 0.6 is 11.6 Å². The van der Waals surface area contributed by atoms with E-state index in [0.717, 1.165) is 39.7 Å². The molecular weight excluding hydrogens is 613 g/mol. The molecule has 1 atom stereocenters. The Morgan fingerprint density at radius 2 is 1.49 bits per heavy atom. The Labute approximate surface area is 269 Å². The van der Waals surface area contributed by atoms with E-state index in [-0.39, 0.29) is 29.5 Å². The summed E-state index contributed by atoms with van der Waals surface area (Å²) >= 11 is 6.29. The van der Waals surface area contributed by atoms with Gasteiger partial charge in [-0.3, -0.25) is 13.9 Å². The van der Waals surface area contributed by atoms with E-state index in [1.54, 1.807) is 48.5 Å². The number of nitrogens with one attached hydrogen (secondary N) is 1. The zero-order chi connectivity index (χ0) is 32.8. The van der Waals surface area contributed by atoms with Gasteiger partial charge in [-0.2, -0.15) is 0 Å². The summed E-state index contributed by atoms with van der Waals surface area (Å²) < 4.78 is 42.8. The molecule has 4 aromatic carbocycles. The van der Waals surface area contributed by atoms with Crippen molar-refractivity contribution in [2.45, 2.75) is 57.1 Å². The fourth-order valence-electron chi connectivity index (χ4n) is 4.81. The van der Waals surface area contributed by atoms with E-state index in [4.69, 9.17) is 11.6 Å². The SMILES string of the molecule is Cc1ccc(N(CC(=O)N(Cc2cccc(Cl)c2)C(Cc2ccccc2)C(=O)NC(C)(C)C)S(=O)(=O)c2ccc(F)cc2)cc1. The lowest BCUT2D eigenvalue weighted by Gasteiger charge is -2.35. The average molecular weight is 650 g/mol. The van der Waals surface area contributed by atoms with Crippen LogP contribution in [0.2, 0.25) is 5.02 Å². The highest BCUT2D eigenvalue weighted by Crippen LogP contribution is 2.26. The lowest BCUT2D eigenvalue weighted by molar-refractivity contribution is -0.140. The normalized spacial score (nSPS) is 12.3. The first-order valence-electron chi connectivity index (χ1n) is 14.5. The van der Waals surface area contributed by atoms with Crippen molar-refractivity contribution in [1.82, 2.24) is 10.2 Å². The maximum atomic E-state index is 14.5. The van der Waals surface area contributed by atoms with E-state index in [1.807, 2.05) is 58.0 Å². The third-order valence-corrected chi connectivity index (χ3v) is 9.04. The van der Waals surface area contributed by atoms with E-state index in [1.165, 1.54) is 4.90 Å². The van der Waals surface area contributed by atoms with E-state index in [9.17, 15) is 22.4 Å². The summed E-state index contributed by atoms with van der Waals surface area (Å²) in [5.74, 6) is -1.58. The molecule has 7 nitrogen and oxygen atoms in total. The summed E-state index contributed by atoms with van der Waals surface area (Å²) in [6.45, 7) is 6.79. The molecule has 0 aliphatic rings. The lowest BCUT2D eigenvalue weighted by atomic mass is 10.0. The quantitative estimate of drug-likeness (QED) is 0.200. The lowest BCUT2D eigenvalue weighted by Crippen LogP contribution is -2.56. The Bertz CT molecular complexity index is 1730. The van der Waals surface area contributed by atoms with Gasteiger partial charge in [-0.15, -0.1) is 0 Å². The van der Waals surface area contributed by atoms with Crippen molar-refractivity contribution in [3.05, 3.63) is 131 Å². The Morgan fingerprint density at radius 1 is 0.867 bits per heavy atom. The van der Waals surface area contributed by atoms with Gasteiger partial charge in [0.15, 0.2) is 0 Å². The predicted octanol–water partition coefficient (Wildman–Crippen LogP) is 6.54. The molecule has 0 aromatic heterocycles. The molecule has 236 valence electrons. The fraction of sp³-hybridized carbons (Fsp3) is 0.257. The molecule has 10 heteroatoms. The van der Waals surface area contributed by atoms with Gasteiger partial charge in [-0.05, 0) is 87.4 Å². The first kappa shape index (κ1) is 33.7. The number of aryl methyl sites for hydroxylation is 1. The molecular formula is C35H37ClFN3O4S. The number of rotatable bonds is 11.